The van der Waals surface area contributed by atoms with Gasteiger partial charge in [-0.1, -0.05) is 6.92 Å². The van der Waals surface area contributed by atoms with E-state index in [0.717, 1.165) is 0 Å². The number of halogens is 1. The van der Waals surface area contributed by atoms with Crippen LogP contribution in [0.4, 0.5) is 0 Å². The Hall–Kier alpha value is 0.250. The van der Waals surface area contributed by atoms with Crippen LogP contribution in [0.5, 0.6) is 0 Å². The minimum atomic E-state index is -0.433. The van der Waals surface area contributed by atoms with Crippen LogP contribution in [0.25, 0.3) is 0 Å². The maximum Gasteiger partial charge on any atom is 0.0938 e. The summed E-state index contributed by atoms with van der Waals surface area (Å²) in [5, 5.41) is 10.4. The molecule has 0 heterocycles. The molecule has 0 rings (SSSR count). The predicted octanol–water partition coefficient (Wildman–Crippen LogP) is 1.82. The summed E-state index contributed by atoms with van der Waals surface area (Å²) in [6.07, 6.45) is 0.877. The molecule has 0 spiro atoms. The van der Waals surface area contributed by atoms with Gasteiger partial charge in [-0.05, 0) is 12.8 Å². The summed E-state index contributed by atoms with van der Waals surface area (Å²) in [5.74, 6) is 0.502. The molecule has 7 heavy (non-hydrogen) atoms. The minimum Gasteiger partial charge on any atom is -0.233 e. The van der Waals surface area contributed by atoms with Crippen LogP contribution in [0.1, 0.15) is 19.8 Å². The van der Waals surface area contributed by atoms with Crippen LogP contribution >= 0.6 is 11.6 Å². The molecular weight excluding hydrogens is 112 g/mol. The van der Waals surface area contributed by atoms with Crippen LogP contribution in [0.3, 0.4) is 0 Å². The molecule has 1 unspecified atom stereocenters. The Labute approximate surface area is 49.3 Å². The molecule has 0 aliphatic carbocycles. The zero-order valence-corrected chi connectivity index (χ0v) is 5.24. The van der Waals surface area contributed by atoms with Crippen LogP contribution in [0, 0.1) is 0 Å². The first kappa shape index (κ1) is 7.25. The van der Waals surface area contributed by atoms with E-state index in [1.165, 1.54) is 0 Å². The van der Waals surface area contributed by atoms with E-state index in [1.807, 2.05) is 6.92 Å². The average molecular weight is 122 g/mol. The average Bonchev–Trinajstić information content (AvgIpc) is 1.68. The molecular formula is C5H10ClO. The summed E-state index contributed by atoms with van der Waals surface area (Å²) in [6, 6.07) is 0. The molecule has 0 aromatic carbocycles. The number of rotatable bonds is 3. The summed E-state index contributed by atoms with van der Waals surface area (Å²) in [4.78, 5) is 0. The Morgan fingerprint density at radius 2 is 2.29 bits per heavy atom. The molecule has 43 valence electrons. The van der Waals surface area contributed by atoms with Crippen molar-refractivity contribution in [1.82, 2.24) is 0 Å². The topological polar surface area (TPSA) is 19.9 Å². The highest BCUT2D eigenvalue weighted by molar-refractivity contribution is 6.17. The Morgan fingerprint density at radius 3 is 2.43 bits per heavy atom. The van der Waals surface area contributed by atoms with E-state index in [2.05, 4.69) is 0 Å². The van der Waals surface area contributed by atoms with Crippen molar-refractivity contribution >= 4 is 11.6 Å². The quantitative estimate of drug-likeness (QED) is 0.508. The van der Waals surface area contributed by atoms with Gasteiger partial charge < -0.3 is 0 Å². The van der Waals surface area contributed by atoms with E-state index in [9.17, 15) is 5.11 Å². The van der Waals surface area contributed by atoms with Gasteiger partial charge in [0.15, 0.2) is 0 Å². The summed E-state index contributed by atoms with van der Waals surface area (Å²) < 4.78 is 0. The van der Waals surface area contributed by atoms with Crippen molar-refractivity contribution in [3.8, 4) is 0 Å². The van der Waals surface area contributed by atoms with Crippen molar-refractivity contribution in [2.24, 2.45) is 0 Å². The monoisotopic (exact) mass is 121 g/mol. The first-order chi connectivity index (χ1) is 3.31. The molecule has 0 amide bonds. The molecule has 0 saturated carbocycles. The van der Waals surface area contributed by atoms with Crippen LogP contribution < -0.4 is 0 Å². The third-order valence-electron chi connectivity index (χ3n) is 0.886. The first-order valence-electron chi connectivity index (χ1n) is 2.53. The Kier molecular flexibility index (Phi) is 4.57. The first-order valence-corrected chi connectivity index (χ1v) is 3.06. The minimum absolute atomic E-state index is 0.433. The third-order valence-corrected chi connectivity index (χ3v) is 1.10. The lowest BCUT2D eigenvalue weighted by Gasteiger charge is -1.97. The van der Waals surface area contributed by atoms with Crippen molar-refractivity contribution in [3.05, 3.63) is 0 Å². The lowest BCUT2D eigenvalue weighted by atomic mass is 10.2. The van der Waals surface area contributed by atoms with E-state index < -0.39 is 6.10 Å². The van der Waals surface area contributed by atoms with Crippen molar-refractivity contribution in [3.63, 3.8) is 0 Å². The summed E-state index contributed by atoms with van der Waals surface area (Å²) in [5.41, 5.74) is 0. The van der Waals surface area contributed by atoms with Gasteiger partial charge in [0.2, 0.25) is 0 Å². The molecule has 1 nitrogen and oxygen atoms in total. The molecule has 2 heteroatoms. The fourth-order valence-corrected chi connectivity index (χ4v) is 0.569. The van der Waals surface area contributed by atoms with Gasteiger partial charge in [0.1, 0.15) is 0 Å². The summed E-state index contributed by atoms with van der Waals surface area (Å²) >= 11 is 5.28. The maximum atomic E-state index is 10.4. The SMILES string of the molecule is CCC([O])CCCl. The smallest absolute Gasteiger partial charge is 0.0938 e. The largest absolute Gasteiger partial charge is 0.233 e. The van der Waals surface area contributed by atoms with Crippen molar-refractivity contribution < 1.29 is 5.11 Å². The van der Waals surface area contributed by atoms with Crippen molar-refractivity contribution in [2.75, 3.05) is 5.88 Å². The van der Waals surface area contributed by atoms with E-state index in [4.69, 9.17) is 11.6 Å². The van der Waals surface area contributed by atoms with E-state index in [-0.39, 0.29) is 0 Å². The second kappa shape index (κ2) is 4.41. The molecule has 0 aromatic rings. The van der Waals surface area contributed by atoms with E-state index >= 15 is 0 Å². The highest BCUT2D eigenvalue weighted by Gasteiger charge is 1.98. The van der Waals surface area contributed by atoms with E-state index in [1.54, 1.807) is 0 Å². The molecule has 0 fully saturated rings. The lowest BCUT2D eigenvalue weighted by molar-refractivity contribution is 0.0831. The molecule has 0 aliphatic heterocycles. The lowest BCUT2D eigenvalue weighted by Crippen LogP contribution is -2.01. The standard InChI is InChI=1S/C5H10ClO/c1-2-5(7)3-4-6/h5H,2-4H2,1H3. The van der Waals surface area contributed by atoms with Crippen molar-refractivity contribution in [1.29, 1.82) is 0 Å². The fraction of sp³-hybridized carbons (Fsp3) is 1.00. The van der Waals surface area contributed by atoms with Crippen LogP contribution in [-0.4, -0.2) is 12.0 Å². The molecule has 0 aliphatic rings. The summed E-state index contributed by atoms with van der Waals surface area (Å²) in [6.45, 7) is 1.88. The molecule has 0 bridgehead atoms. The van der Waals surface area contributed by atoms with Gasteiger partial charge >= 0.3 is 0 Å². The zero-order valence-electron chi connectivity index (χ0n) is 4.48. The molecule has 0 N–H and O–H groups in total. The predicted molar refractivity (Wildman–Crippen MR) is 30.1 cm³/mol. The van der Waals surface area contributed by atoms with Crippen LogP contribution in [0.2, 0.25) is 0 Å². The third kappa shape index (κ3) is 4.10. The van der Waals surface area contributed by atoms with Crippen molar-refractivity contribution in [2.45, 2.75) is 25.9 Å². The van der Waals surface area contributed by atoms with Gasteiger partial charge in [-0.3, -0.25) is 0 Å². The van der Waals surface area contributed by atoms with Gasteiger partial charge in [0.05, 0.1) is 6.10 Å². The van der Waals surface area contributed by atoms with Gasteiger partial charge in [-0.15, -0.1) is 11.6 Å². The second-order valence-electron chi connectivity index (χ2n) is 1.51. The van der Waals surface area contributed by atoms with Crippen LogP contribution in [-0.2, 0) is 5.11 Å². The highest BCUT2D eigenvalue weighted by Crippen LogP contribution is 1.97. The Bertz CT molecular complexity index is 39.1. The Balaban J connectivity index is 2.83. The Morgan fingerprint density at radius 1 is 1.71 bits per heavy atom. The maximum absolute atomic E-state index is 10.4. The number of alkyl halides is 1. The fourth-order valence-electron chi connectivity index (χ4n) is 0.326. The van der Waals surface area contributed by atoms with Gasteiger partial charge in [-0.25, -0.2) is 5.11 Å². The highest BCUT2D eigenvalue weighted by atomic mass is 35.5. The molecule has 0 saturated heterocycles. The van der Waals surface area contributed by atoms with Gasteiger partial charge in [-0.2, -0.15) is 0 Å². The normalized spacial score (nSPS) is 14.1. The van der Waals surface area contributed by atoms with Gasteiger partial charge in [0, 0.05) is 5.88 Å². The van der Waals surface area contributed by atoms with E-state index in [0.29, 0.717) is 18.7 Å². The second-order valence-corrected chi connectivity index (χ2v) is 1.89. The zero-order chi connectivity index (χ0) is 5.70. The number of hydrogen-bond acceptors (Lipinski definition) is 0. The number of hydrogen-bond donors (Lipinski definition) is 0. The van der Waals surface area contributed by atoms with Gasteiger partial charge in [0.25, 0.3) is 0 Å². The molecule has 0 aromatic heterocycles. The summed E-state index contributed by atoms with van der Waals surface area (Å²) in [7, 11) is 0. The molecule has 1 radical (unpaired) electrons. The molecule has 1 atom stereocenters. The van der Waals surface area contributed by atoms with Crippen LogP contribution in [0.15, 0.2) is 0 Å².